The third kappa shape index (κ3) is 2.43. The summed E-state index contributed by atoms with van der Waals surface area (Å²) in [5.41, 5.74) is -1.84. The maximum atomic E-state index is 12.0. The van der Waals surface area contributed by atoms with Crippen LogP contribution < -0.4 is 15.0 Å². The van der Waals surface area contributed by atoms with Crippen LogP contribution in [0.2, 0.25) is 0 Å². The number of nitriles is 1. The molecular weight excluding hydrogens is 308 g/mol. The Morgan fingerprint density at radius 1 is 1.33 bits per heavy atom. The average molecular weight is 326 g/mol. The molecule has 6 nitrogen and oxygen atoms in total. The third-order valence-corrected chi connectivity index (χ3v) is 4.54. The van der Waals surface area contributed by atoms with E-state index in [4.69, 9.17) is 14.7 Å². The minimum absolute atomic E-state index is 0.0915. The zero-order chi connectivity index (χ0) is 17.5. The first-order chi connectivity index (χ1) is 11.3. The van der Waals surface area contributed by atoms with Crippen molar-refractivity contribution in [3.05, 3.63) is 58.0 Å². The Bertz CT molecular complexity index is 877. The summed E-state index contributed by atoms with van der Waals surface area (Å²) in [4.78, 5) is 14.5. The number of nitrogens with zero attached hydrogens (tertiary/aromatic N) is 1. The van der Waals surface area contributed by atoms with Gasteiger partial charge in [0, 0.05) is 11.8 Å². The van der Waals surface area contributed by atoms with Gasteiger partial charge in [-0.1, -0.05) is 0 Å². The standard InChI is InChI=1S/C18H18N2O4/c1-17(2)18(3,22)15(23-14-5-4-8-20-16(14)21)12-9-11(10-19)6-7-13(12)24-17/h4-9,15,22H,1-3H3,(H,20,21). The highest BCUT2D eigenvalue weighted by Gasteiger charge is 2.54. The minimum Gasteiger partial charge on any atom is -0.484 e. The number of H-pyrrole nitrogens is 1. The smallest absolute Gasteiger partial charge is 0.290 e. The summed E-state index contributed by atoms with van der Waals surface area (Å²) in [6.07, 6.45) is 0.635. The van der Waals surface area contributed by atoms with Crippen molar-refractivity contribution < 1.29 is 14.6 Å². The fourth-order valence-electron chi connectivity index (χ4n) is 2.72. The third-order valence-electron chi connectivity index (χ3n) is 4.54. The van der Waals surface area contributed by atoms with Crippen molar-refractivity contribution in [2.45, 2.75) is 38.1 Å². The summed E-state index contributed by atoms with van der Waals surface area (Å²) >= 11 is 0. The highest BCUT2D eigenvalue weighted by atomic mass is 16.6. The number of nitrogens with one attached hydrogen (secondary N) is 1. The molecule has 2 N–H and O–H groups in total. The van der Waals surface area contributed by atoms with Gasteiger partial charge in [-0.15, -0.1) is 0 Å². The second-order valence-electron chi connectivity index (χ2n) is 6.49. The van der Waals surface area contributed by atoms with Crippen molar-refractivity contribution in [2.24, 2.45) is 0 Å². The second-order valence-corrected chi connectivity index (χ2v) is 6.49. The van der Waals surface area contributed by atoms with Gasteiger partial charge in [-0.05, 0) is 51.1 Å². The molecule has 0 amide bonds. The Morgan fingerprint density at radius 3 is 2.75 bits per heavy atom. The zero-order valence-corrected chi connectivity index (χ0v) is 13.7. The summed E-state index contributed by atoms with van der Waals surface area (Å²) in [6, 6.07) is 10.2. The van der Waals surface area contributed by atoms with E-state index in [0.29, 0.717) is 16.9 Å². The first-order valence-electron chi connectivity index (χ1n) is 7.56. The van der Waals surface area contributed by atoms with Crippen molar-refractivity contribution in [1.82, 2.24) is 4.98 Å². The lowest BCUT2D eigenvalue weighted by molar-refractivity contribution is -0.174. The van der Waals surface area contributed by atoms with Crippen molar-refractivity contribution >= 4 is 0 Å². The van der Waals surface area contributed by atoms with Gasteiger partial charge in [0.05, 0.1) is 11.6 Å². The van der Waals surface area contributed by atoms with Crippen molar-refractivity contribution in [1.29, 1.82) is 5.26 Å². The molecule has 3 rings (SSSR count). The normalized spacial score (nSPS) is 24.4. The Morgan fingerprint density at radius 2 is 2.08 bits per heavy atom. The Kier molecular flexibility index (Phi) is 3.61. The number of hydrogen-bond donors (Lipinski definition) is 2. The van der Waals surface area contributed by atoms with Gasteiger partial charge in [0.25, 0.3) is 5.56 Å². The number of ether oxygens (including phenoxy) is 2. The number of aliphatic hydroxyl groups is 1. The van der Waals surface area contributed by atoms with Crippen LogP contribution in [0.1, 0.15) is 38.0 Å². The van der Waals surface area contributed by atoms with Crippen molar-refractivity contribution in [3.63, 3.8) is 0 Å². The predicted molar refractivity (Wildman–Crippen MR) is 86.9 cm³/mol. The number of benzene rings is 1. The molecule has 0 fully saturated rings. The van der Waals surface area contributed by atoms with E-state index in [0.717, 1.165) is 0 Å². The van der Waals surface area contributed by atoms with Gasteiger partial charge >= 0.3 is 0 Å². The highest BCUT2D eigenvalue weighted by molar-refractivity contribution is 5.47. The first kappa shape index (κ1) is 16.1. The lowest BCUT2D eigenvalue weighted by Gasteiger charge is -2.48. The summed E-state index contributed by atoms with van der Waals surface area (Å²) in [5.74, 6) is 0.608. The summed E-state index contributed by atoms with van der Waals surface area (Å²) in [7, 11) is 0. The van der Waals surface area contributed by atoms with E-state index >= 15 is 0 Å². The number of rotatable bonds is 2. The minimum atomic E-state index is -1.43. The van der Waals surface area contributed by atoms with Crippen LogP contribution in [0.25, 0.3) is 0 Å². The molecule has 2 aromatic rings. The lowest BCUT2D eigenvalue weighted by atomic mass is 9.77. The van der Waals surface area contributed by atoms with Gasteiger partial charge < -0.3 is 19.6 Å². The molecule has 1 aromatic carbocycles. The average Bonchev–Trinajstić information content (AvgIpc) is 2.53. The number of aromatic amines is 1. The van der Waals surface area contributed by atoms with Crippen LogP contribution in [-0.2, 0) is 0 Å². The van der Waals surface area contributed by atoms with E-state index in [2.05, 4.69) is 11.1 Å². The molecule has 0 aliphatic carbocycles. The van der Waals surface area contributed by atoms with E-state index in [1.54, 1.807) is 45.0 Å². The molecule has 1 aliphatic rings. The molecule has 0 radical (unpaired) electrons. The van der Waals surface area contributed by atoms with E-state index in [1.807, 2.05) is 0 Å². The highest BCUT2D eigenvalue weighted by Crippen LogP contribution is 2.48. The monoisotopic (exact) mass is 326 g/mol. The lowest BCUT2D eigenvalue weighted by Crippen LogP contribution is -2.59. The molecule has 2 atom stereocenters. The fourth-order valence-corrected chi connectivity index (χ4v) is 2.72. The SMILES string of the molecule is CC1(C)Oc2ccc(C#N)cc2C(Oc2ccc[nH]c2=O)C1(C)O. The Balaban J connectivity index is 2.16. The van der Waals surface area contributed by atoms with Crippen LogP contribution in [0.3, 0.4) is 0 Å². The van der Waals surface area contributed by atoms with Gasteiger partial charge in [0.2, 0.25) is 0 Å². The van der Waals surface area contributed by atoms with Gasteiger partial charge in [0.1, 0.15) is 17.0 Å². The van der Waals surface area contributed by atoms with Crippen LogP contribution >= 0.6 is 0 Å². The van der Waals surface area contributed by atoms with E-state index in [-0.39, 0.29) is 5.75 Å². The molecule has 24 heavy (non-hydrogen) atoms. The van der Waals surface area contributed by atoms with Crippen molar-refractivity contribution in [3.8, 4) is 17.6 Å². The summed E-state index contributed by atoms with van der Waals surface area (Å²) in [5, 5.41) is 20.2. The van der Waals surface area contributed by atoms with Gasteiger partial charge in [-0.25, -0.2) is 0 Å². The van der Waals surface area contributed by atoms with E-state index in [1.165, 1.54) is 12.3 Å². The number of fused-ring (bicyclic) bond motifs is 1. The number of aromatic nitrogens is 1. The van der Waals surface area contributed by atoms with Gasteiger partial charge in [0.15, 0.2) is 11.9 Å². The zero-order valence-electron chi connectivity index (χ0n) is 13.7. The molecule has 124 valence electrons. The summed E-state index contributed by atoms with van der Waals surface area (Å²) < 4.78 is 11.8. The topological polar surface area (TPSA) is 95.3 Å². The second kappa shape index (κ2) is 5.39. The number of hydrogen-bond acceptors (Lipinski definition) is 5. The molecule has 0 bridgehead atoms. The molecule has 1 aromatic heterocycles. The Labute approximate surface area is 139 Å². The van der Waals surface area contributed by atoms with Crippen LogP contribution in [0.5, 0.6) is 11.5 Å². The summed E-state index contributed by atoms with van der Waals surface area (Å²) in [6.45, 7) is 5.09. The molecule has 6 heteroatoms. The first-order valence-corrected chi connectivity index (χ1v) is 7.56. The van der Waals surface area contributed by atoms with Crippen molar-refractivity contribution in [2.75, 3.05) is 0 Å². The van der Waals surface area contributed by atoms with Crippen LogP contribution in [0, 0.1) is 11.3 Å². The molecule has 0 saturated heterocycles. The molecule has 1 aliphatic heterocycles. The Hall–Kier alpha value is -2.78. The van der Waals surface area contributed by atoms with E-state index < -0.39 is 22.9 Å². The molecule has 0 saturated carbocycles. The van der Waals surface area contributed by atoms with Crippen LogP contribution in [-0.4, -0.2) is 21.3 Å². The maximum Gasteiger partial charge on any atom is 0.290 e. The largest absolute Gasteiger partial charge is 0.484 e. The molecule has 2 heterocycles. The van der Waals surface area contributed by atoms with Gasteiger partial charge in [-0.3, -0.25) is 4.79 Å². The maximum absolute atomic E-state index is 12.0. The quantitative estimate of drug-likeness (QED) is 0.883. The molecular formula is C18H18N2O4. The van der Waals surface area contributed by atoms with E-state index in [9.17, 15) is 9.90 Å². The van der Waals surface area contributed by atoms with Crippen LogP contribution in [0.4, 0.5) is 0 Å². The van der Waals surface area contributed by atoms with Gasteiger partial charge in [-0.2, -0.15) is 5.26 Å². The molecule has 2 unspecified atom stereocenters. The fraction of sp³-hybridized carbons (Fsp3) is 0.333. The predicted octanol–water partition coefficient (Wildman–Crippen LogP) is 2.29. The van der Waals surface area contributed by atoms with Crippen LogP contribution in [0.15, 0.2) is 41.3 Å². The number of pyridine rings is 1. The molecule has 0 spiro atoms.